The number of nitrogens with one attached hydrogen (secondary N) is 2. The number of amides is 1. The van der Waals surface area contributed by atoms with Crippen molar-refractivity contribution >= 4 is 11.7 Å². The summed E-state index contributed by atoms with van der Waals surface area (Å²) >= 11 is 0. The van der Waals surface area contributed by atoms with Crippen LogP contribution in [0, 0.1) is 0 Å². The van der Waals surface area contributed by atoms with Gasteiger partial charge in [-0.1, -0.05) is 30.3 Å². The lowest BCUT2D eigenvalue weighted by molar-refractivity contribution is -0.122. The lowest BCUT2D eigenvalue weighted by atomic mass is 10.2. The summed E-state index contributed by atoms with van der Waals surface area (Å²) in [5.41, 5.74) is 6.30. The van der Waals surface area contributed by atoms with Gasteiger partial charge < -0.3 is 0 Å². The second-order valence-electron chi connectivity index (χ2n) is 3.13. The van der Waals surface area contributed by atoms with Crippen LogP contribution in [0.5, 0.6) is 0 Å². The molecule has 72 valence electrons. The van der Waals surface area contributed by atoms with Crippen molar-refractivity contribution in [2.45, 2.75) is 13.0 Å². The van der Waals surface area contributed by atoms with E-state index in [4.69, 9.17) is 0 Å². The smallest absolute Gasteiger partial charge is 0.262 e. The van der Waals surface area contributed by atoms with Gasteiger partial charge in [0, 0.05) is 5.56 Å². The van der Waals surface area contributed by atoms with E-state index in [1.165, 1.54) is 0 Å². The molecule has 0 saturated carbocycles. The number of hydrazine groups is 1. The fourth-order valence-corrected chi connectivity index (χ4v) is 1.25. The van der Waals surface area contributed by atoms with E-state index in [0.29, 0.717) is 5.84 Å². The standard InChI is InChI=1S/C10H11N3O/c1-7-10(14)13-12-9(11-7)8-5-3-2-4-6-8/h2-7H,1H3,(H,11,12)(H,13,14)/t7-/m0/s1. The Balaban J connectivity index is 2.29. The monoisotopic (exact) mass is 189 g/mol. The van der Waals surface area contributed by atoms with Crippen LogP contribution in [-0.4, -0.2) is 17.8 Å². The Labute approximate surface area is 82.0 Å². The maximum absolute atomic E-state index is 11.1. The Kier molecular flexibility index (Phi) is 2.18. The number of carbonyl (C=O) groups is 1. The lowest BCUT2D eigenvalue weighted by Gasteiger charge is -2.19. The van der Waals surface area contributed by atoms with E-state index in [2.05, 4.69) is 15.8 Å². The van der Waals surface area contributed by atoms with E-state index >= 15 is 0 Å². The van der Waals surface area contributed by atoms with Crippen molar-refractivity contribution in [3.8, 4) is 0 Å². The molecule has 4 heteroatoms. The van der Waals surface area contributed by atoms with Crippen molar-refractivity contribution < 1.29 is 4.79 Å². The van der Waals surface area contributed by atoms with Crippen LogP contribution in [0.4, 0.5) is 0 Å². The average Bonchev–Trinajstić information content (AvgIpc) is 2.23. The van der Waals surface area contributed by atoms with Crippen LogP contribution in [0.2, 0.25) is 0 Å². The normalized spacial score (nSPS) is 20.8. The highest BCUT2D eigenvalue weighted by atomic mass is 16.2. The Hall–Kier alpha value is -1.84. The summed E-state index contributed by atoms with van der Waals surface area (Å²) in [4.78, 5) is 15.3. The van der Waals surface area contributed by atoms with Crippen molar-refractivity contribution in [1.82, 2.24) is 10.9 Å². The molecular weight excluding hydrogens is 178 g/mol. The summed E-state index contributed by atoms with van der Waals surface area (Å²) in [6, 6.07) is 9.36. The molecule has 1 aliphatic rings. The van der Waals surface area contributed by atoms with Crippen LogP contribution in [0.1, 0.15) is 12.5 Å². The van der Waals surface area contributed by atoms with Gasteiger partial charge in [-0.15, -0.1) is 0 Å². The molecule has 1 aromatic rings. The minimum atomic E-state index is -0.327. The van der Waals surface area contributed by atoms with Crippen molar-refractivity contribution in [3.05, 3.63) is 35.9 Å². The van der Waals surface area contributed by atoms with E-state index in [0.717, 1.165) is 5.56 Å². The zero-order valence-electron chi connectivity index (χ0n) is 7.82. The SMILES string of the molecule is C[C@@H]1N=C(c2ccccc2)NNC1=O. The predicted octanol–water partition coefficient (Wildman–Crippen LogP) is 0.456. The Bertz CT molecular complexity index is 372. The molecule has 0 fully saturated rings. The van der Waals surface area contributed by atoms with Gasteiger partial charge in [-0.05, 0) is 6.92 Å². The first-order chi connectivity index (χ1) is 6.77. The molecule has 2 N–H and O–H groups in total. The second kappa shape index (κ2) is 3.49. The summed E-state index contributed by atoms with van der Waals surface area (Å²) in [5.74, 6) is 0.599. The number of benzene rings is 1. The fourth-order valence-electron chi connectivity index (χ4n) is 1.25. The summed E-state index contributed by atoms with van der Waals surface area (Å²) in [7, 11) is 0. The van der Waals surface area contributed by atoms with Crippen molar-refractivity contribution in [1.29, 1.82) is 0 Å². The molecule has 0 aliphatic carbocycles. The third-order valence-corrected chi connectivity index (χ3v) is 2.05. The van der Waals surface area contributed by atoms with Gasteiger partial charge in [0.2, 0.25) is 0 Å². The number of rotatable bonds is 1. The van der Waals surface area contributed by atoms with E-state index in [1.54, 1.807) is 6.92 Å². The molecule has 1 atom stereocenters. The topological polar surface area (TPSA) is 53.5 Å². The van der Waals surface area contributed by atoms with E-state index in [9.17, 15) is 4.79 Å². The summed E-state index contributed by atoms with van der Waals surface area (Å²) in [6.07, 6.45) is 0. The van der Waals surface area contributed by atoms with Crippen molar-refractivity contribution in [3.63, 3.8) is 0 Å². The Morgan fingerprint density at radius 3 is 2.57 bits per heavy atom. The average molecular weight is 189 g/mol. The molecule has 0 bridgehead atoms. The van der Waals surface area contributed by atoms with Gasteiger partial charge in [-0.25, -0.2) is 0 Å². The van der Waals surface area contributed by atoms with Crippen LogP contribution < -0.4 is 10.9 Å². The van der Waals surface area contributed by atoms with Crippen LogP contribution in [0.3, 0.4) is 0 Å². The number of aliphatic imine (C=N–C) groups is 1. The highest BCUT2D eigenvalue weighted by molar-refractivity contribution is 6.03. The molecule has 0 saturated heterocycles. The quantitative estimate of drug-likeness (QED) is 0.674. The number of nitrogens with zero attached hydrogens (tertiary/aromatic N) is 1. The number of carbonyl (C=O) groups excluding carboxylic acids is 1. The molecular formula is C10H11N3O. The lowest BCUT2D eigenvalue weighted by Crippen LogP contribution is -2.50. The van der Waals surface area contributed by atoms with Crippen LogP contribution >= 0.6 is 0 Å². The van der Waals surface area contributed by atoms with Crippen molar-refractivity contribution in [2.75, 3.05) is 0 Å². The second-order valence-corrected chi connectivity index (χ2v) is 3.13. The number of amidine groups is 1. The van der Waals surface area contributed by atoms with Gasteiger partial charge in [0.25, 0.3) is 5.91 Å². The minimum Gasteiger partial charge on any atom is -0.282 e. The number of hydrogen-bond acceptors (Lipinski definition) is 3. The zero-order chi connectivity index (χ0) is 9.97. The molecule has 0 aromatic heterocycles. The Morgan fingerprint density at radius 2 is 1.93 bits per heavy atom. The minimum absolute atomic E-state index is 0.107. The maximum atomic E-state index is 11.1. The highest BCUT2D eigenvalue weighted by Gasteiger charge is 2.18. The summed E-state index contributed by atoms with van der Waals surface area (Å²) in [5, 5.41) is 0. The molecule has 1 amide bonds. The van der Waals surface area contributed by atoms with Gasteiger partial charge in [0.1, 0.15) is 11.9 Å². The third-order valence-electron chi connectivity index (χ3n) is 2.05. The summed E-state index contributed by atoms with van der Waals surface area (Å²) in [6.45, 7) is 1.76. The van der Waals surface area contributed by atoms with E-state index in [1.807, 2.05) is 30.3 Å². The van der Waals surface area contributed by atoms with Gasteiger partial charge in [-0.2, -0.15) is 0 Å². The van der Waals surface area contributed by atoms with Gasteiger partial charge in [0.05, 0.1) is 0 Å². The number of hydrogen-bond donors (Lipinski definition) is 2. The first kappa shape index (κ1) is 8.74. The molecule has 1 aromatic carbocycles. The molecule has 0 spiro atoms. The van der Waals surface area contributed by atoms with Crippen LogP contribution in [0.25, 0.3) is 0 Å². The Morgan fingerprint density at radius 1 is 1.21 bits per heavy atom. The molecule has 1 heterocycles. The van der Waals surface area contributed by atoms with Crippen LogP contribution in [-0.2, 0) is 4.79 Å². The molecule has 14 heavy (non-hydrogen) atoms. The van der Waals surface area contributed by atoms with E-state index < -0.39 is 0 Å². The zero-order valence-corrected chi connectivity index (χ0v) is 7.82. The highest BCUT2D eigenvalue weighted by Crippen LogP contribution is 2.03. The molecule has 1 aliphatic heterocycles. The first-order valence-corrected chi connectivity index (χ1v) is 4.46. The third kappa shape index (κ3) is 1.59. The largest absolute Gasteiger partial charge is 0.282 e. The fraction of sp³-hybridized carbons (Fsp3) is 0.200. The van der Waals surface area contributed by atoms with Crippen LogP contribution in [0.15, 0.2) is 35.3 Å². The summed E-state index contributed by atoms with van der Waals surface area (Å²) < 4.78 is 0. The molecule has 0 unspecified atom stereocenters. The first-order valence-electron chi connectivity index (χ1n) is 4.46. The molecule has 0 radical (unpaired) electrons. The predicted molar refractivity (Wildman–Crippen MR) is 53.7 cm³/mol. The van der Waals surface area contributed by atoms with Crippen molar-refractivity contribution in [2.24, 2.45) is 4.99 Å². The van der Waals surface area contributed by atoms with E-state index in [-0.39, 0.29) is 11.9 Å². The molecule has 2 rings (SSSR count). The van der Waals surface area contributed by atoms with Gasteiger partial charge in [-0.3, -0.25) is 20.6 Å². The van der Waals surface area contributed by atoms with Gasteiger partial charge in [0.15, 0.2) is 0 Å². The maximum Gasteiger partial charge on any atom is 0.262 e. The molecule has 4 nitrogen and oxygen atoms in total. The van der Waals surface area contributed by atoms with Gasteiger partial charge >= 0.3 is 0 Å².